The molecule has 3 N–H and O–H groups in total. The van der Waals surface area contributed by atoms with Crippen LogP contribution in [0.4, 0.5) is 9.18 Å². The molecule has 0 aromatic heterocycles. The van der Waals surface area contributed by atoms with Gasteiger partial charge in [-0.1, -0.05) is 12.1 Å². The van der Waals surface area contributed by atoms with Crippen LogP contribution >= 0.6 is 24.0 Å². The lowest BCUT2D eigenvalue weighted by Gasteiger charge is -2.36. The zero-order chi connectivity index (χ0) is 19.3. The molecule has 9 heteroatoms. The number of benzene rings is 1. The minimum absolute atomic E-state index is 0. The van der Waals surface area contributed by atoms with Gasteiger partial charge in [0.15, 0.2) is 5.96 Å². The molecule has 1 heterocycles. The molecule has 27 heavy (non-hydrogen) atoms. The largest absolute Gasteiger partial charge is 0.444 e. The second kappa shape index (κ2) is 10.1. The van der Waals surface area contributed by atoms with Crippen molar-refractivity contribution in [3.05, 3.63) is 35.6 Å². The van der Waals surface area contributed by atoms with E-state index < -0.39 is 11.7 Å². The minimum atomic E-state index is -0.850. The quantitative estimate of drug-likeness (QED) is 0.383. The van der Waals surface area contributed by atoms with E-state index >= 15 is 0 Å². The molecule has 1 aromatic rings. The molecule has 1 unspecified atom stereocenters. The van der Waals surface area contributed by atoms with Gasteiger partial charge in [0.1, 0.15) is 11.4 Å². The zero-order valence-electron chi connectivity index (χ0n) is 15.9. The van der Waals surface area contributed by atoms with Gasteiger partial charge >= 0.3 is 6.09 Å². The molecule has 1 aromatic carbocycles. The Labute approximate surface area is 176 Å². The third-order valence-corrected chi connectivity index (χ3v) is 3.94. The number of aliphatic hydroxyl groups is 1. The second-order valence-corrected chi connectivity index (χ2v) is 7.22. The van der Waals surface area contributed by atoms with Crippen molar-refractivity contribution in [3.63, 3.8) is 0 Å². The number of carbonyl (C=O) groups is 1. The smallest absolute Gasteiger partial charge is 0.410 e. The molecule has 1 atom stereocenters. The van der Waals surface area contributed by atoms with Gasteiger partial charge in [0.2, 0.25) is 0 Å². The summed E-state index contributed by atoms with van der Waals surface area (Å²) in [4.78, 5) is 19.8. The fraction of sp³-hybridized carbons (Fsp3) is 0.556. The summed E-state index contributed by atoms with van der Waals surface area (Å²) in [6.07, 6.45) is -1.18. The Morgan fingerprint density at radius 3 is 2.26 bits per heavy atom. The molecular formula is C18H28FIN4O3. The fourth-order valence-corrected chi connectivity index (χ4v) is 2.51. The van der Waals surface area contributed by atoms with Crippen molar-refractivity contribution in [2.75, 3.05) is 32.7 Å². The van der Waals surface area contributed by atoms with Crippen LogP contribution in [0.2, 0.25) is 0 Å². The molecule has 1 aliphatic heterocycles. The molecule has 0 saturated carbocycles. The Morgan fingerprint density at radius 1 is 1.22 bits per heavy atom. The monoisotopic (exact) mass is 494 g/mol. The number of ether oxygens (including phenoxy) is 1. The van der Waals surface area contributed by atoms with Crippen LogP contribution in [0.5, 0.6) is 0 Å². The molecular weight excluding hydrogens is 466 g/mol. The normalized spacial score (nSPS) is 16.6. The predicted octanol–water partition coefficient (Wildman–Crippen LogP) is 2.34. The molecule has 1 amide bonds. The number of aliphatic hydroxyl groups excluding tert-OH is 1. The number of amides is 1. The number of aliphatic imine (C=N–C) groups is 1. The van der Waals surface area contributed by atoms with Crippen LogP contribution in [-0.4, -0.2) is 65.3 Å². The Hall–Kier alpha value is -1.62. The zero-order valence-corrected chi connectivity index (χ0v) is 18.2. The van der Waals surface area contributed by atoms with Crippen molar-refractivity contribution in [1.29, 1.82) is 0 Å². The average molecular weight is 494 g/mol. The van der Waals surface area contributed by atoms with Crippen molar-refractivity contribution in [3.8, 4) is 0 Å². The van der Waals surface area contributed by atoms with Crippen LogP contribution < -0.4 is 5.73 Å². The van der Waals surface area contributed by atoms with Gasteiger partial charge in [-0.05, 0) is 38.5 Å². The number of rotatable bonds is 3. The molecule has 0 radical (unpaired) electrons. The van der Waals surface area contributed by atoms with Gasteiger partial charge in [0.05, 0.1) is 12.6 Å². The highest BCUT2D eigenvalue weighted by Gasteiger charge is 2.26. The molecule has 1 saturated heterocycles. The van der Waals surface area contributed by atoms with E-state index in [2.05, 4.69) is 4.99 Å². The van der Waals surface area contributed by atoms with E-state index in [0.29, 0.717) is 37.7 Å². The van der Waals surface area contributed by atoms with E-state index in [-0.39, 0.29) is 42.4 Å². The number of piperazine rings is 1. The minimum Gasteiger partial charge on any atom is -0.444 e. The van der Waals surface area contributed by atoms with Gasteiger partial charge in [-0.3, -0.25) is 4.99 Å². The average Bonchev–Trinajstić information content (AvgIpc) is 2.58. The van der Waals surface area contributed by atoms with Crippen LogP contribution in [0.15, 0.2) is 29.3 Å². The number of hydrogen-bond acceptors (Lipinski definition) is 4. The number of hydrogen-bond donors (Lipinski definition) is 2. The second-order valence-electron chi connectivity index (χ2n) is 7.22. The maximum atomic E-state index is 12.9. The van der Waals surface area contributed by atoms with Crippen LogP contribution in [-0.2, 0) is 4.74 Å². The van der Waals surface area contributed by atoms with Crippen LogP contribution in [0.3, 0.4) is 0 Å². The predicted molar refractivity (Wildman–Crippen MR) is 113 cm³/mol. The maximum Gasteiger partial charge on any atom is 0.410 e. The first kappa shape index (κ1) is 23.4. The Kier molecular flexibility index (Phi) is 8.73. The highest BCUT2D eigenvalue weighted by atomic mass is 127. The molecule has 0 aliphatic carbocycles. The standard InChI is InChI=1S/C18H27FN4O3.HI/c1-18(2,3)26-17(25)23-10-8-22(9-11-23)16(20)21-12-15(24)13-4-6-14(19)7-5-13;/h4-7,15,24H,8-12H2,1-3H3,(H2,20,21);1H. The number of guanidine groups is 1. The summed E-state index contributed by atoms with van der Waals surface area (Å²) < 4.78 is 18.3. The van der Waals surface area contributed by atoms with E-state index in [1.54, 1.807) is 4.90 Å². The van der Waals surface area contributed by atoms with Crippen molar-refractivity contribution in [2.45, 2.75) is 32.5 Å². The van der Waals surface area contributed by atoms with E-state index in [9.17, 15) is 14.3 Å². The first-order valence-corrected chi connectivity index (χ1v) is 8.62. The number of carbonyl (C=O) groups excluding carboxylic acids is 1. The Morgan fingerprint density at radius 2 is 1.74 bits per heavy atom. The van der Waals surface area contributed by atoms with E-state index in [1.807, 2.05) is 25.7 Å². The topological polar surface area (TPSA) is 91.4 Å². The van der Waals surface area contributed by atoms with Gasteiger partial charge in [0.25, 0.3) is 0 Å². The van der Waals surface area contributed by atoms with Gasteiger partial charge in [-0.2, -0.15) is 0 Å². The number of nitrogens with two attached hydrogens (primary N) is 1. The van der Waals surface area contributed by atoms with Crippen LogP contribution in [0, 0.1) is 5.82 Å². The van der Waals surface area contributed by atoms with Crippen molar-refractivity contribution < 1.29 is 19.0 Å². The lowest BCUT2D eigenvalue weighted by molar-refractivity contribution is 0.0186. The summed E-state index contributed by atoms with van der Waals surface area (Å²) >= 11 is 0. The molecule has 0 spiro atoms. The van der Waals surface area contributed by atoms with Crippen LogP contribution in [0.1, 0.15) is 32.4 Å². The molecule has 152 valence electrons. The van der Waals surface area contributed by atoms with Gasteiger partial charge in [-0.25, -0.2) is 9.18 Å². The number of halogens is 2. The fourth-order valence-electron chi connectivity index (χ4n) is 2.51. The third-order valence-electron chi connectivity index (χ3n) is 3.94. The van der Waals surface area contributed by atoms with Crippen molar-refractivity contribution in [2.24, 2.45) is 10.7 Å². The molecule has 0 bridgehead atoms. The van der Waals surface area contributed by atoms with Gasteiger partial charge < -0.3 is 25.4 Å². The number of nitrogens with zero attached hydrogens (tertiary/aromatic N) is 3. The first-order valence-electron chi connectivity index (χ1n) is 8.62. The van der Waals surface area contributed by atoms with Gasteiger partial charge in [-0.15, -0.1) is 24.0 Å². The SMILES string of the molecule is CC(C)(C)OC(=O)N1CCN(C(N)=NCC(O)c2ccc(F)cc2)CC1.I. The van der Waals surface area contributed by atoms with E-state index in [1.165, 1.54) is 24.3 Å². The first-order chi connectivity index (χ1) is 12.2. The van der Waals surface area contributed by atoms with Gasteiger partial charge in [0, 0.05) is 26.2 Å². The third kappa shape index (κ3) is 7.49. The summed E-state index contributed by atoms with van der Waals surface area (Å²) in [5.74, 6) is -0.0400. The molecule has 1 fully saturated rings. The summed E-state index contributed by atoms with van der Waals surface area (Å²) in [5.41, 5.74) is 6.05. The lowest BCUT2D eigenvalue weighted by atomic mass is 10.1. The van der Waals surface area contributed by atoms with E-state index in [0.717, 1.165) is 0 Å². The maximum absolute atomic E-state index is 12.9. The summed E-state index contributed by atoms with van der Waals surface area (Å²) in [6.45, 7) is 7.65. The van der Waals surface area contributed by atoms with Crippen molar-refractivity contribution in [1.82, 2.24) is 9.80 Å². The highest BCUT2D eigenvalue weighted by Crippen LogP contribution is 2.14. The summed E-state index contributed by atoms with van der Waals surface area (Å²) in [5, 5.41) is 10.1. The Bertz CT molecular complexity index is 641. The molecule has 2 rings (SSSR count). The van der Waals surface area contributed by atoms with Crippen molar-refractivity contribution >= 4 is 36.0 Å². The van der Waals surface area contributed by atoms with E-state index in [4.69, 9.17) is 10.5 Å². The van der Waals surface area contributed by atoms with Crippen LogP contribution in [0.25, 0.3) is 0 Å². The molecule has 1 aliphatic rings. The lowest BCUT2D eigenvalue weighted by Crippen LogP contribution is -2.53. The highest BCUT2D eigenvalue weighted by molar-refractivity contribution is 14.0. The summed E-state index contributed by atoms with van der Waals surface area (Å²) in [6, 6.07) is 5.62. The summed E-state index contributed by atoms with van der Waals surface area (Å²) in [7, 11) is 0. The molecule has 7 nitrogen and oxygen atoms in total. The Balaban J connectivity index is 0.00000364.